The van der Waals surface area contributed by atoms with Crippen LogP contribution in [0.25, 0.3) is 0 Å². The van der Waals surface area contributed by atoms with Crippen molar-refractivity contribution in [3.63, 3.8) is 0 Å². The van der Waals surface area contributed by atoms with E-state index in [1.165, 1.54) is 0 Å². The fourth-order valence-corrected chi connectivity index (χ4v) is 4.15. The highest BCUT2D eigenvalue weighted by Crippen LogP contribution is 2.16. The highest BCUT2D eigenvalue weighted by molar-refractivity contribution is 7.92. The molecule has 8 heteroatoms. The molecule has 2 N–H and O–H groups in total. The summed E-state index contributed by atoms with van der Waals surface area (Å²) >= 11 is 5.28. The lowest BCUT2D eigenvalue weighted by molar-refractivity contribution is -0.140. The molecule has 0 saturated heterocycles. The molecule has 0 bridgehead atoms. The molecule has 0 aliphatic rings. The van der Waals surface area contributed by atoms with Crippen molar-refractivity contribution in [2.45, 2.75) is 50.8 Å². The number of aliphatic carboxylic acids is 1. The average Bonchev–Trinajstić information content (AvgIpc) is 2.37. The number of halogens is 1. The minimum atomic E-state index is -3.58. The molecule has 0 heterocycles. The zero-order chi connectivity index (χ0) is 15.8. The quantitative estimate of drug-likeness (QED) is 0.587. The van der Waals surface area contributed by atoms with E-state index in [-0.39, 0.29) is 0 Å². The smallest absolute Gasteiger partial charge is 0.327 e. The molecule has 1 atom stereocenters. The lowest BCUT2D eigenvalue weighted by atomic mass is 10.2. The first-order valence-electron chi connectivity index (χ1n) is 6.58. The van der Waals surface area contributed by atoms with Gasteiger partial charge in [-0.1, -0.05) is 26.7 Å². The molecule has 0 aromatic heterocycles. The van der Waals surface area contributed by atoms with Crippen LogP contribution in [0.2, 0.25) is 0 Å². The molecular formula is C12H22ClNO5S. The number of nitrogens with one attached hydrogen (secondary N) is 1. The van der Waals surface area contributed by atoms with Gasteiger partial charge in [0.1, 0.15) is 11.9 Å². The van der Waals surface area contributed by atoms with Gasteiger partial charge in [0.15, 0.2) is 9.84 Å². The number of carboxylic acids is 1. The molecule has 0 aromatic rings. The van der Waals surface area contributed by atoms with Crippen molar-refractivity contribution in [2.75, 3.05) is 11.6 Å². The van der Waals surface area contributed by atoms with E-state index in [9.17, 15) is 18.0 Å². The first kappa shape index (κ1) is 19.2. The fraction of sp³-hybridized carbons (Fsp3) is 0.833. The van der Waals surface area contributed by atoms with E-state index >= 15 is 0 Å². The van der Waals surface area contributed by atoms with Crippen LogP contribution in [0, 0.1) is 0 Å². The zero-order valence-electron chi connectivity index (χ0n) is 11.8. The predicted octanol–water partition coefficient (Wildman–Crippen LogP) is 1.18. The molecular weight excluding hydrogens is 306 g/mol. The van der Waals surface area contributed by atoms with E-state index in [0.717, 1.165) is 0 Å². The summed E-state index contributed by atoms with van der Waals surface area (Å²) in [5.74, 6) is -3.08. The first-order valence-corrected chi connectivity index (χ1v) is 8.83. The maximum absolute atomic E-state index is 12.2. The summed E-state index contributed by atoms with van der Waals surface area (Å²) in [7, 11) is -3.58. The third-order valence-corrected chi connectivity index (χ3v) is 5.41. The SMILES string of the molecule is CCCC(CCC)S(=O)(=O)C[C@@H](NC(=O)CCl)C(=O)O. The molecule has 0 aliphatic heterocycles. The predicted molar refractivity (Wildman–Crippen MR) is 77.7 cm³/mol. The monoisotopic (exact) mass is 327 g/mol. The molecule has 0 unspecified atom stereocenters. The fourth-order valence-electron chi connectivity index (χ4n) is 1.92. The Labute approximate surface area is 124 Å². The van der Waals surface area contributed by atoms with Crippen LogP contribution in [0.1, 0.15) is 39.5 Å². The second-order valence-electron chi connectivity index (χ2n) is 4.62. The number of amides is 1. The van der Waals surface area contributed by atoms with E-state index in [2.05, 4.69) is 5.32 Å². The first-order chi connectivity index (χ1) is 9.28. The van der Waals surface area contributed by atoms with Gasteiger partial charge in [-0.15, -0.1) is 11.6 Å². The lowest BCUT2D eigenvalue weighted by Crippen LogP contribution is -2.47. The van der Waals surface area contributed by atoms with Crippen molar-refractivity contribution < 1.29 is 23.1 Å². The Kier molecular flexibility index (Phi) is 8.80. The molecule has 6 nitrogen and oxygen atoms in total. The van der Waals surface area contributed by atoms with Crippen LogP contribution in [-0.4, -0.2) is 48.3 Å². The van der Waals surface area contributed by atoms with Gasteiger partial charge in [0.05, 0.1) is 11.0 Å². The maximum Gasteiger partial charge on any atom is 0.327 e. The Morgan fingerprint density at radius 3 is 2.05 bits per heavy atom. The Hall–Kier alpha value is -0.820. The van der Waals surface area contributed by atoms with Crippen LogP contribution in [0.5, 0.6) is 0 Å². The molecule has 0 saturated carbocycles. The van der Waals surface area contributed by atoms with E-state index in [1.54, 1.807) is 0 Å². The van der Waals surface area contributed by atoms with Gasteiger partial charge in [-0.2, -0.15) is 0 Å². The minimum absolute atomic E-state index is 0.406. The van der Waals surface area contributed by atoms with Gasteiger partial charge in [-0.25, -0.2) is 13.2 Å². The Morgan fingerprint density at radius 2 is 1.70 bits per heavy atom. The molecule has 0 rings (SSSR count). The number of hydrogen-bond acceptors (Lipinski definition) is 4. The van der Waals surface area contributed by atoms with Crippen molar-refractivity contribution in [3.05, 3.63) is 0 Å². The minimum Gasteiger partial charge on any atom is -0.480 e. The van der Waals surface area contributed by atoms with Gasteiger partial charge in [0, 0.05) is 0 Å². The normalized spacial score (nSPS) is 13.2. The molecule has 0 radical (unpaired) electrons. The van der Waals surface area contributed by atoms with Crippen LogP contribution >= 0.6 is 11.6 Å². The highest BCUT2D eigenvalue weighted by atomic mass is 35.5. The number of alkyl halides is 1. The summed E-state index contributed by atoms with van der Waals surface area (Å²) in [6.07, 6.45) is 2.39. The van der Waals surface area contributed by atoms with E-state index in [0.29, 0.717) is 25.7 Å². The number of carboxylic acid groups (broad SMARTS) is 1. The molecule has 0 aromatic carbocycles. The highest BCUT2D eigenvalue weighted by Gasteiger charge is 2.31. The number of hydrogen-bond donors (Lipinski definition) is 2. The molecule has 20 heavy (non-hydrogen) atoms. The number of carbonyl (C=O) groups is 2. The second kappa shape index (κ2) is 9.18. The van der Waals surface area contributed by atoms with E-state index in [1.807, 2.05) is 13.8 Å². The zero-order valence-corrected chi connectivity index (χ0v) is 13.3. The van der Waals surface area contributed by atoms with E-state index < -0.39 is 44.6 Å². The summed E-state index contributed by atoms with van der Waals surface area (Å²) in [4.78, 5) is 22.2. The molecule has 0 fully saturated rings. The Balaban J connectivity index is 4.97. The van der Waals surface area contributed by atoms with Crippen molar-refractivity contribution in [3.8, 4) is 0 Å². The van der Waals surface area contributed by atoms with Gasteiger partial charge in [0.2, 0.25) is 5.91 Å². The third kappa shape index (κ3) is 6.56. The van der Waals surface area contributed by atoms with Gasteiger partial charge in [0.25, 0.3) is 0 Å². The van der Waals surface area contributed by atoms with Crippen molar-refractivity contribution in [1.29, 1.82) is 0 Å². The molecule has 0 aliphatic carbocycles. The van der Waals surface area contributed by atoms with Crippen molar-refractivity contribution >= 4 is 33.3 Å². The Bertz CT molecular complexity index is 418. The van der Waals surface area contributed by atoms with Crippen LogP contribution in [0.15, 0.2) is 0 Å². The molecule has 118 valence electrons. The Morgan fingerprint density at radius 1 is 1.20 bits per heavy atom. The third-order valence-electron chi connectivity index (χ3n) is 2.88. The van der Waals surface area contributed by atoms with Crippen LogP contribution in [0.4, 0.5) is 0 Å². The van der Waals surface area contributed by atoms with Crippen molar-refractivity contribution in [1.82, 2.24) is 5.32 Å². The van der Waals surface area contributed by atoms with Crippen molar-refractivity contribution in [2.24, 2.45) is 0 Å². The summed E-state index contributed by atoms with van der Waals surface area (Å²) in [5.41, 5.74) is 0. The number of rotatable bonds is 10. The summed E-state index contributed by atoms with van der Waals surface area (Å²) < 4.78 is 24.5. The topological polar surface area (TPSA) is 101 Å². The maximum atomic E-state index is 12.2. The van der Waals surface area contributed by atoms with Crippen LogP contribution in [-0.2, 0) is 19.4 Å². The second-order valence-corrected chi connectivity index (χ2v) is 7.21. The lowest BCUT2D eigenvalue weighted by Gasteiger charge is -2.20. The summed E-state index contributed by atoms with van der Waals surface area (Å²) in [6, 6.07) is -1.46. The summed E-state index contributed by atoms with van der Waals surface area (Å²) in [6.45, 7) is 3.75. The van der Waals surface area contributed by atoms with Crippen LogP contribution in [0.3, 0.4) is 0 Å². The van der Waals surface area contributed by atoms with Crippen LogP contribution < -0.4 is 5.32 Å². The molecule has 0 spiro atoms. The standard InChI is InChI=1S/C12H22ClNO5S/c1-3-5-9(6-4-2)20(18,19)8-10(12(16)17)14-11(15)7-13/h9-10H,3-8H2,1-2H3,(H,14,15)(H,16,17)/t10-/m1/s1. The number of sulfone groups is 1. The number of carbonyl (C=O) groups excluding carboxylic acids is 1. The molecule has 1 amide bonds. The van der Waals surface area contributed by atoms with Gasteiger partial charge in [-0.3, -0.25) is 4.79 Å². The van der Waals surface area contributed by atoms with Gasteiger partial charge in [-0.05, 0) is 12.8 Å². The average molecular weight is 328 g/mol. The van der Waals surface area contributed by atoms with Gasteiger partial charge >= 0.3 is 5.97 Å². The largest absolute Gasteiger partial charge is 0.480 e. The van der Waals surface area contributed by atoms with E-state index in [4.69, 9.17) is 16.7 Å². The van der Waals surface area contributed by atoms with Gasteiger partial charge < -0.3 is 10.4 Å². The summed E-state index contributed by atoms with van der Waals surface area (Å²) in [5, 5.41) is 10.5.